The first-order valence-corrected chi connectivity index (χ1v) is 10.9. The lowest BCUT2D eigenvalue weighted by Crippen LogP contribution is -2.48. The first-order chi connectivity index (χ1) is 12.3. The van der Waals surface area contributed by atoms with Gasteiger partial charge in [0.1, 0.15) is 5.75 Å². The predicted molar refractivity (Wildman–Crippen MR) is 102 cm³/mol. The van der Waals surface area contributed by atoms with Crippen molar-refractivity contribution in [1.29, 1.82) is 0 Å². The van der Waals surface area contributed by atoms with Crippen LogP contribution in [0.25, 0.3) is 0 Å². The van der Waals surface area contributed by atoms with Gasteiger partial charge < -0.3 is 10.1 Å². The minimum atomic E-state index is -3.86. The van der Waals surface area contributed by atoms with Gasteiger partial charge in [0, 0.05) is 6.04 Å². The lowest BCUT2D eigenvalue weighted by Gasteiger charge is -2.23. The Bertz CT molecular complexity index is 716. The Hall–Kier alpha value is -1.31. The molecule has 8 heteroatoms. The van der Waals surface area contributed by atoms with Crippen LogP contribution in [0.5, 0.6) is 5.75 Å². The Labute approximate surface area is 160 Å². The highest BCUT2D eigenvalue weighted by molar-refractivity contribution is 7.89. The summed E-state index contributed by atoms with van der Waals surface area (Å²) >= 11 is 6.00. The number of amides is 1. The van der Waals surface area contributed by atoms with Crippen molar-refractivity contribution in [1.82, 2.24) is 10.0 Å². The number of benzene rings is 1. The lowest BCUT2D eigenvalue weighted by atomic mass is 9.96. The van der Waals surface area contributed by atoms with Crippen molar-refractivity contribution < 1.29 is 17.9 Å². The van der Waals surface area contributed by atoms with E-state index in [2.05, 4.69) is 10.0 Å². The summed E-state index contributed by atoms with van der Waals surface area (Å²) in [5.74, 6) is 0.0828. The van der Waals surface area contributed by atoms with Gasteiger partial charge in [0.15, 0.2) is 0 Å². The summed E-state index contributed by atoms with van der Waals surface area (Å²) in [6, 6.07) is 3.43. The number of hydrogen-bond donors (Lipinski definition) is 2. The minimum Gasteiger partial charge on any atom is -0.495 e. The molecule has 6 nitrogen and oxygen atoms in total. The van der Waals surface area contributed by atoms with Gasteiger partial charge in [-0.2, -0.15) is 4.72 Å². The molecule has 26 heavy (non-hydrogen) atoms. The molecule has 0 unspecified atom stereocenters. The van der Waals surface area contributed by atoms with E-state index in [0.717, 1.165) is 25.7 Å². The van der Waals surface area contributed by atoms with Gasteiger partial charge >= 0.3 is 0 Å². The van der Waals surface area contributed by atoms with Crippen LogP contribution in [0.2, 0.25) is 5.02 Å². The van der Waals surface area contributed by atoms with Crippen molar-refractivity contribution in [2.45, 2.75) is 68.8 Å². The fourth-order valence-electron chi connectivity index (χ4n) is 3.10. The highest BCUT2D eigenvalue weighted by atomic mass is 35.5. The topological polar surface area (TPSA) is 84.5 Å². The fourth-order valence-corrected chi connectivity index (χ4v) is 4.65. The number of hydrogen-bond acceptors (Lipinski definition) is 4. The SMILES string of the molecule is COc1ccc(S(=O)(=O)N[C@H](C)C(=O)NC2CCCCCCC2)cc1Cl. The van der Waals surface area contributed by atoms with Crippen molar-refractivity contribution in [3.63, 3.8) is 0 Å². The summed E-state index contributed by atoms with van der Waals surface area (Å²) in [6.45, 7) is 1.54. The Kier molecular flexibility index (Phi) is 7.73. The molecule has 1 amide bonds. The first kappa shape index (κ1) is 21.0. The molecule has 1 aromatic carbocycles. The molecular weight excluding hydrogens is 376 g/mol. The van der Waals surface area contributed by atoms with Crippen LogP contribution in [0.15, 0.2) is 23.1 Å². The summed E-state index contributed by atoms with van der Waals surface area (Å²) in [4.78, 5) is 12.4. The molecular formula is C18H27ClN2O4S. The summed E-state index contributed by atoms with van der Waals surface area (Å²) in [5, 5.41) is 3.17. The maximum atomic E-state index is 12.5. The van der Waals surface area contributed by atoms with Gasteiger partial charge in [0.05, 0.1) is 23.1 Å². The zero-order chi connectivity index (χ0) is 19.2. The van der Waals surface area contributed by atoms with Crippen LogP contribution >= 0.6 is 11.6 Å². The second-order valence-electron chi connectivity index (χ2n) is 6.69. The molecule has 1 aliphatic carbocycles. The highest BCUT2D eigenvalue weighted by Gasteiger charge is 2.24. The van der Waals surface area contributed by atoms with E-state index in [1.165, 1.54) is 44.6 Å². The summed E-state index contributed by atoms with van der Waals surface area (Å²) in [5.41, 5.74) is 0. The van der Waals surface area contributed by atoms with Crippen LogP contribution in [-0.4, -0.2) is 33.5 Å². The molecule has 2 rings (SSSR count). The van der Waals surface area contributed by atoms with Crippen LogP contribution in [0.1, 0.15) is 51.9 Å². The third kappa shape index (κ3) is 5.86. The molecule has 0 bridgehead atoms. The van der Waals surface area contributed by atoms with Gasteiger partial charge in [-0.25, -0.2) is 8.42 Å². The average Bonchev–Trinajstić information content (AvgIpc) is 2.56. The number of carbonyl (C=O) groups is 1. The van der Waals surface area contributed by atoms with Crippen molar-refractivity contribution in [2.75, 3.05) is 7.11 Å². The van der Waals surface area contributed by atoms with Gasteiger partial charge in [0.25, 0.3) is 0 Å². The molecule has 146 valence electrons. The van der Waals surface area contributed by atoms with Crippen LogP contribution in [-0.2, 0) is 14.8 Å². The van der Waals surface area contributed by atoms with E-state index in [1.54, 1.807) is 6.92 Å². The van der Waals surface area contributed by atoms with Crippen LogP contribution in [0, 0.1) is 0 Å². The minimum absolute atomic E-state index is 0.00564. The molecule has 2 N–H and O–H groups in total. The number of carbonyl (C=O) groups excluding carboxylic acids is 1. The summed E-state index contributed by atoms with van der Waals surface area (Å²) < 4.78 is 32.4. The van der Waals surface area contributed by atoms with E-state index >= 15 is 0 Å². The summed E-state index contributed by atoms with van der Waals surface area (Å²) in [7, 11) is -2.40. The van der Waals surface area contributed by atoms with E-state index in [9.17, 15) is 13.2 Å². The predicted octanol–water partition coefficient (Wildman–Crippen LogP) is 3.24. The maximum Gasteiger partial charge on any atom is 0.241 e. The van der Waals surface area contributed by atoms with Gasteiger partial charge in [0.2, 0.25) is 15.9 Å². The molecule has 1 aromatic rings. The number of methoxy groups -OCH3 is 1. The van der Waals surface area contributed by atoms with E-state index in [0.29, 0.717) is 5.75 Å². The second kappa shape index (κ2) is 9.58. The molecule has 0 radical (unpaired) electrons. The number of halogens is 1. The molecule has 1 aliphatic rings. The Morgan fingerprint density at radius 1 is 1.19 bits per heavy atom. The number of ether oxygens (including phenoxy) is 1. The van der Waals surface area contributed by atoms with Gasteiger partial charge in [-0.05, 0) is 38.0 Å². The maximum absolute atomic E-state index is 12.5. The molecule has 0 aliphatic heterocycles. The Morgan fingerprint density at radius 3 is 2.38 bits per heavy atom. The zero-order valence-corrected chi connectivity index (χ0v) is 16.8. The normalized spacial score (nSPS) is 17.8. The zero-order valence-electron chi connectivity index (χ0n) is 15.3. The average molecular weight is 403 g/mol. The van der Waals surface area contributed by atoms with Crippen LogP contribution in [0.4, 0.5) is 0 Å². The van der Waals surface area contributed by atoms with Crippen molar-refractivity contribution >= 4 is 27.5 Å². The van der Waals surface area contributed by atoms with Crippen LogP contribution < -0.4 is 14.8 Å². The third-order valence-corrected chi connectivity index (χ3v) is 6.44. The molecule has 0 spiro atoms. The Balaban J connectivity index is 1.99. The van der Waals surface area contributed by atoms with Crippen molar-refractivity contribution in [2.24, 2.45) is 0 Å². The van der Waals surface area contributed by atoms with E-state index < -0.39 is 16.1 Å². The monoisotopic (exact) mass is 402 g/mol. The van der Waals surface area contributed by atoms with Crippen LogP contribution in [0.3, 0.4) is 0 Å². The number of sulfonamides is 1. The molecule has 1 fully saturated rings. The smallest absolute Gasteiger partial charge is 0.241 e. The highest BCUT2D eigenvalue weighted by Crippen LogP contribution is 2.27. The van der Waals surface area contributed by atoms with Gasteiger partial charge in [-0.3, -0.25) is 4.79 Å². The molecule has 1 saturated carbocycles. The molecule has 0 aromatic heterocycles. The van der Waals surface area contributed by atoms with Crippen molar-refractivity contribution in [3.8, 4) is 5.75 Å². The van der Waals surface area contributed by atoms with Gasteiger partial charge in [-0.1, -0.05) is 43.7 Å². The van der Waals surface area contributed by atoms with Crippen molar-refractivity contribution in [3.05, 3.63) is 23.2 Å². The Morgan fingerprint density at radius 2 is 1.81 bits per heavy atom. The largest absolute Gasteiger partial charge is 0.495 e. The molecule has 1 atom stereocenters. The standard InChI is InChI=1S/C18H27ClN2O4S/c1-13(18(22)20-14-8-6-4-3-5-7-9-14)21-26(23,24)15-10-11-17(25-2)16(19)12-15/h10-14,21H,3-9H2,1-2H3,(H,20,22)/t13-/m1/s1. The van der Waals surface area contributed by atoms with E-state index in [4.69, 9.17) is 16.3 Å². The fraction of sp³-hybridized carbons (Fsp3) is 0.611. The van der Waals surface area contributed by atoms with Gasteiger partial charge in [-0.15, -0.1) is 0 Å². The second-order valence-corrected chi connectivity index (χ2v) is 8.81. The third-order valence-electron chi connectivity index (χ3n) is 4.61. The number of nitrogens with one attached hydrogen (secondary N) is 2. The first-order valence-electron chi connectivity index (χ1n) is 8.99. The molecule has 0 saturated heterocycles. The van der Waals surface area contributed by atoms with E-state index in [-0.39, 0.29) is 21.9 Å². The molecule has 0 heterocycles. The van der Waals surface area contributed by atoms with E-state index in [1.807, 2.05) is 0 Å². The summed E-state index contributed by atoms with van der Waals surface area (Å²) in [6.07, 6.45) is 7.70. The number of rotatable bonds is 6. The quantitative estimate of drug-likeness (QED) is 0.764. The lowest BCUT2D eigenvalue weighted by molar-refractivity contribution is -0.123.